The van der Waals surface area contributed by atoms with E-state index in [0.717, 1.165) is 16.8 Å². The molecule has 1 aromatic heterocycles. The van der Waals surface area contributed by atoms with E-state index in [1.165, 1.54) is 0 Å². The van der Waals surface area contributed by atoms with Crippen molar-refractivity contribution in [2.75, 3.05) is 6.54 Å². The van der Waals surface area contributed by atoms with Crippen LogP contribution < -0.4 is 10.6 Å². The van der Waals surface area contributed by atoms with Crippen molar-refractivity contribution >= 4 is 6.03 Å². The summed E-state index contributed by atoms with van der Waals surface area (Å²) in [5, 5.41) is 12.3. The number of hydrogen-bond donors (Lipinski definition) is 3. The van der Waals surface area contributed by atoms with Gasteiger partial charge in [-0.05, 0) is 24.1 Å². The van der Waals surface area contributed by atoms with Crippen molar-refractivity contribution in [3.05, 3.63) is 42.1 Å². The van der Waals surface area contributed by atoms with Gasteiger partial charge < -0.3 is 10.6 Å². The van der Waals surface area contributed by atoms with E-state index in [4.69, 9.17) is 0 Å². The summed E-state index contributed by atoms with van der Waals surface area (Å²) < 4.78 is 0. The van der Waals surface area contributed by atoms with Crippen LogP contribution in [-0.2, 0) is 6.54 Å². The van der Waals surface area contributed by atoms with E-state index >= 15 is 0 Å². The Bertz CT molecular complexity index is 490. The molecular formula is C13H16N4O. The molecule has 0 spiro atoms. The third-order valence-corrected chi connectivity index (χ3v) is 2.56. The fourth-order valence-electron chi connectivity index (χ4n) is 1.62. The van der Waals surface area contributed by atoms with Crippen molar-refractivity contribution in [2.45, 2.75) is 13.5 Å². The largest absolute Gasteiger partial charge is 0.338 e. The van der Waals surface area contributed by atoms with Gasteiger partial charge in [-0.25, -0.2) is 4.79 Å². The van der Waals surface area contributed by atoms with Gasteiger partial charge in [0.1, 0.15) is 0 Å². The topological polar surface area (TPSA) is 69.8 Å². The van der Waals surface area contributed by atoms with Gasteiger partial charge in [0.15, 0.2) is 0 Å². The summed E-state index contributed by atoms with van der Waals surface area (Å²) >= 11 is 0. The lowest BCUT2D eigenvalue weighted by atomic mass is 10.1. The van der Waals surface area contributed by atoms with E-state index in [2.05, 4.69) is 20.8 Å². The number of carbonyl (C=O) groups excluding carboxylic acids is 1. The minimum atomic E-state index is -0.143. The molecule has 0 aliphatic rings. The molecule has 0 bridgehead atoms. The van der Waals surface area contributed by atoms with Crippen molar-refractivity contribution in [2.24, 2.45) is 0 Å². The van der Waals surface area contributed by atoms with E-state index < -0.39 is 0 Å². The van der Waals surface area contributed by atoms with Crippen LogP contribution in [-0.4, -0.2) is 22.8 Å². The summed E-state index contributed by atoms with van der Waals surface area (Å²) in [7, 11) is 0. The first-order chi connectivity index (χ1) is 8.79. The highest BCUT2D eigenvalue weighted by molar-refractivity contribution is 5.73. The monoisotopic (exact) mass is 244 g/mol. The highest BCUT2D eigenvalue weighted by Gasteiger charge is 2.00. The second kappa shape index (κ2) is 5.86. The van der Waals surface area contributed by atoms with Gasteiger partial charge in [0.05, 0.1) is 5.69 Å². The first kappa shape index (κ1) is 12.2. The van der Waals surface area contributed by atoms with E-state index in [-0.39, 0.29) is 6.03 Å². The molecule has 0 aliphatic heterocycles. The van der Waals surface area contributed by atoms with Crippen LogP contribution in [0.15, 0.2) is 36.5 Å². The molecule has 2 rings (SSSR count). The molecule has 0 saturated carbocycles. The van der Waals surface area contributed by atoms with Gasteiger partial charge in [0.2, 0.25) is 0 Å². The Morgan fingerprint density at radius 2 is 2.00 bits per heavy atom. The van der Waals surface area contributed by atoms with E-state index in [1.54, 1.807) is 6.20 Å². The zero-order valence-corrected chi connectivity index (χ0v) is 10.2. The third-order valence-electron chi connectivity index (χ3n) is 2.56. The summed E-state index contributed by atoms with van der Waals surface area (Å²) in [6.45, 7) is 3.04. The number of amides is 2. The second-order valence-corrected chi connectivity index (χ2v) is 3.88. The molecule has 2 aromatic rings. The quantitative estimate of drug-likeness (QED) is 0.768. The normalized spacial score (nSPS) is 10.1. The highest BCUT2D eigenvalue weighted by atomic mass is 16.2. The van der Waals surface area contributed by atoms with Crippen molar-refractivity contribution in [3.63, 3.8) is 0 Å². The highest BCUT2D eigenvalue weighted by Crippen LogP contribution is 2.16. The van der Waals surface area contributed by atoms with Crippen molar-refractivity contribution in [1.29, 1.82) is 0 Å². The predicted molar refractivity (Wildman–Crippen MR) is 69.9 cm³/mol. The average Bonchev–Trinajstić information content (AvgIpc) is 2.91. The Morgan fingerprint density at radius 1 is 1.22 bits per heavy atom. The Balaban J connectivity index is 1.94. The Morgan fingerprint density at radius 3 is 2.61 bits per heavy atom. The molecule has 5 nitrogen and oxygen atoms in total. The van der Waals surface area contributed by atoms with Gasteiger partial charge in [-0.15, -0.1) is 0 Å². The molecule has 0 radical (unpaired) electrons. The molecule has 0 unspecified atom stereocenters. The minimum absolute atomic E-state index is 0.143. The maximum atomic E-state index is 11.2. The minimum Gasteiger partial charge on any atom is -0.338 e. The maximum absolute atomic E-state index is 11.2. The van der Waals surface area contributed by atoms with E-state index in [1.807, 2.05) is 37.3 Å². The lowest BCUT2D eigenvalue weighted by molar-refractivity contribution is 0.241. The molecular weight excluding hydrogens is 228 g/mol. The number of nitrogens with zero attached hydrogens (tertiary/aromatic N) is 1. The van der Waals surface area contributed by atoms with Crippen LogP contribution in [0.2, 0.25) is 0 Å². The number of benzene rings is 1. The Labute approximate surface area is 106 Å². The van der Waals surface area contributed by atoms with Gasteiger partial charge >= 0.3 is 6.03 Å². The molecule has 0 saturated heterocycles. The second-order valence-electron chi connectivity index (χ2n) is 3.88. The van der Waals surface area contributed by atoms with Crippen LogP contribution in [0.5, 0.6) is 0 Å². The van der Waals surface area contributed by atoms with Crippen LogP contribution in [0.25, 0.3) is 11.3 Å². The molecule has 3 N–H and O–H groups in total. The molecule has 1 heterocycles. The van der Waals surface area contributed by atoms with Gasteiger partial charge in [-0.2, -0.15) is 5.10 Å². The van der Waals surface area contributed by atoms with Crippen molar-refractivity contribution < 1.29 is 4.79 Å². The molecule has 1 aromatic carbocycles. The summed E-state index contributed by atoms with van der Waals surface area (Å²) in [4.78, 5) is 11.2. The number of aromatic nitrogens is 2. The molecule has 0 aliphatic carbocycles. The van der Waals surface area contributed by atoms with E-state index in [9.17, 15) is 4.79 Å². The third kappa shape index (κ3) is 3.10. The number of nitrogens with one attached hydrogen (secondary N) is 3. The summed E-state index contributed by atoms with van der Waals surface area (Å²) in [5.41, 5.74) is 3.12. The van der Waals surface area contributed by atoms with Crippen LogP contribution in [0.4, 0.5) is 4.79 Å². The smallest absolute Gasteiger partial charge is 0.315 e. The summed E-state index contributed by atoms with van der Waals surface area (Å²) in [6.07, 6.45) is 1.72. The van der Waals surface area contributed by atoms with Gasteiger partial charge in [-0.1, -0.05) is 24.3 Å². The van der Waals surface area contributed by atoms with Crippen molar-refractivity contribution in [1.82, 2.24) is 20.8 Å². The van der Waals surface area contributed by atoms with Crippen LogP contribution in [0.3, 0.4) is 0 Å². The molecule has 18 heavy (non-hydrogen) atoms. The Kier molecular flexibility index (Phi) is 3.96. The molecule has 2 amide bonds. The molecule has 0 fully saturated rings. The lowest BCUT2D eigenvalue weighted by Crippen LogP contribution is -2.34. The zero-order chi connectivity index (χ0) is 12.8. The lowest BCUT2D eigenvalue weighted by Gasteiger charge is -2.06. The van der Waals surface area contributed by atoms with Gasteiger partial charge in [-0.3, -0.25) is 5.10 Å². The number of urea groups is 1. The summed E-state index contributed by atoms with van der Waals surface area (Å²) in [6, 6.07) is 9.76. The number of rotatable bonds is 4. The zero-order valence-electron chi connectivity index (χ0n) is 10.2. The standard InChI is InChI=1S/C13H16N4O/c1-2-14-13(18)15-9-10-3-5-11(6-4-10)12-7-8-16-17-12/h3-8H,2,9H2,1H3,(H,16,17)(H2,14,15,18). The number of carbonyl (C=O) groups is 1. The van der Waals surface area contributed by atoms with Gasteiger partial charge in [0, 0.05) is 19.3 Å². The van der Waals surface area contributed by atoms with Crippen LogP contribution >= 0.6 is 0 Å². The Hall–Kier alpha value is -2.30. The molecule has 94 valence electrons. The fraction of sp³-hybridized carbons (Fsp3) is 0.231. The first-order valence-electron chi connectivity index (χ1n) is 5.90. The van der Waals surface area contributed by atoms with E-state index in [0.29, 0.717) is 13.1 Å². The first-order valence-corrected chi connectivity index (χ1v) is 5.90. The maximum Gasteiger partial charge on any atom is 0.315 e. The fourth-order valence-corrected chi connectivity index (χ4v) is 1.62. The number of hydrogen-bond acceptors (Lipinski definition) is 2. The van der Waals surface area contributed by atoms with Crippen molar-refractivity contribution in [3.8, 4) is 11.3 Å². The average molecular weight is 244 g/mol. The molecule has 0 atom stereocenters. The predicted octanol–water partition coefficient (Wildman–Crippen LogP) is 1.90. The SMILES string of the molecule is CCNC(=O)NCc1ccc(-c2ccn[nH]2)cc1. The molecule has 5 heteroatoms. The number of aromatic amines is 1. The van der Waals surface area contributed by atoms with Crippen LogP contribution in [0.1, 0.15) is 12.5 Å². The number of H-pyrrole nitrogens is 1. The summed E-state index contributed by atoms with van der Waals surface area (Å²) in [5.74, 6) is 0. The van der Waals surface area contributed by atoms with Crippen LogP contribution in [0, 0.1) is 0 Å². The van der Waals surface area contributed by atoms with Gasteiger partial charge in [0.25, 0.3) is 0 Å².